The summed E-state index contributed by atoms with van der Waals surface area (Å²) in [6, 6.07) is 11.0. The summed E-state index contributed by atoms with van der Waals surface area (Å²) < 4.78 is 5.47. The number of phenolic OH excluding ortho intramolecular Hbond substituents is 1. The van der Waals surface area contributed by atoms with Crippen molar-refractivity contribution < 1.29 is 19.4 Å². The average molecular weight is 385 g/mol. The lowest BCUT2D eigenvalue weighted by atomic mass is 10.2. The highest BCUT2D eigenvalue weighted by atomic mass is 79.9. The standard InChI is InChI=1S/C15H11BrClNO4/c16-9-5-6-13(19)10(7-9)15(21)22-8-14(20)18-12-4-2-1-3-11(12)17/h1-7,19H,8H2,(H,18,20). The Morgan fingerprint density at radius 2 is 1.95 bits per heavy atom. The highest BCUT2D eigenvalue weighted by molar-refractivity contribution is 9.10. The van der Waals surface area contributed by atoms with Crippen LogP contribution in [0, 0.1) is 0 Å². The number of esters is 1. The van der Waals surface area contributed by atoms with E-state index in [1.807, 2.05) is 0 Å². The Kier molecular flexibility index (Phi) is 5.41. The van der Waals surface area contributed by atoms with E-state index in [2.05, 4.69) is 21.2 Å². The van der Waals surface area contributed by atoms with Crippen LogP contribution < -0.4 is 5.32 Å². The molecule has 0 bridgehead atoms. The lowest BCUT2D eigenvalue weighted by Crippen LogP contribution is -2.21. The first-order valence-electron chi connectivity index (χ1n) is 6.17. The van der Waals surface area contributed by atoms with Crippen molar-refractivity contribution in [1.82, 2.24) is 0 Å². The number of carbonyl (C=O) groups excluding carboxylic acids is 2. The van der Waals surface area contributed by atoms with E-state index in [0.717, 1.165) is 0 Å². The van der Waals surface area contributed by atoms with Crippen molar-refractivity contribution in [3.8, 4) is 5.75 Å². The Morgan fingerprint density at radius 3 is 2.68 bits per heavy atom. The second-order valence-electron chi connectivity index (χ2n) is 4.27. The van der Waals surface area contributed by atoms with Gasteiger partial charge in [0.15, 0.2) is 6.61 Å². The molecule has 114 valence electrons. The van der Waals surface area contributed by atoms with E-state index >= 15 is 0 Å². The van der Waals surface area contributed by atoms with Crippen molar-refractivity contribution in [2.45, 2.75) is 0 Å². The van der Waals surface area contributed by atoms with Gasteiger partial charge in [-0.1, -0.05) is 39.7 Å². The fourth-order valence-corrected chi connectivity index (χ4v) is 2.17. The summed E-state index contributed by atoms with van der Waals surface area (Å²) in [6.07, 6.45) is 0. The van der Waals surface area contributed by atoms with Gasteiger partial charge in [-0.2, -0.15) is 0 Å². The maximum Gasteiger partial charge on any atom is 0.342 e. The molecule has 0 aliphatic rings. The highest BCUT2D eigenvalue weighted by Crippen LogP contribution is 2.23. The van der Waals surface area contributed by atoms with E-state index in [4.69, 9.17) is 16.3 Å². The summed E-state index contributed by atoms with van der Waals surface area (Å²) in [6.45, 7) is -0.490. The Morgan fingerprint density at radius 1 is 1.23 bits per heavy atom. The van der Waals surface area contributed by atoms with E-state index in [0.29, 0.717) is 15.2 Å². The topological polar surface area (TPSA) is 75.6 Å². The van der Waals surface area contributed by atoms with Gasteiger partial charge >= 0.3 is 5.97 Å². The number of hydrogen-bond acceptors (Lipinski definition) is 4. The van der Waals surface area contributed by atoms with Gasteiger partial charge in [-0.25, -0.2) is 4.79 Å². The van der Waals surface area contributed by atoms with E-state index in [1.54, 1.807) is 30.3 Å². The molecule has 7 heteroatoms. The summed E-state index contributed by atoms with van der Waals surface area (Å²) in [7, 11) is 0. The third-order valence-corrected chi connectivity index (χ3v) is 3.48. The van der Waals surface area contributed by atoms with E-state index in [9.17, 15) is 14.7 Å². The van der Waals surface area contributed by atoms with Gasteiger partial charge in [-0.15, -0.1) is 0 Å². The average Bonchev–Trinajstić information content (AvgIpc) is 2.49. The number of halogens is 2. The third-order valence-electron chi connectivity index (χ3n) is 2.66. The van der Waals surface area contributed by atoms with Gasteiger partial charge in [0, 0.05) is 4.47 Å². The first-order chi connectivity index (χ1) is 10.5. The maximum atomic E-state index is 11.8. The molecule has 0 aliphatic heterocycles. The van der Waals surface area contributed by atoms with Crippen molar-refractivity contribution >= 4 is 45.1 Å². The van der Waals surface area contributed by atoms with Gasteiger partial charge in [0.05, 0.1) is 10.7 Å². The largest absolute Gasteiger partial charge is 0.507 e. The number of benzene rings is 2. The second kappa shape index (κ2) is 7.29. The normalized spacial score (nSPS) is 10.1. The number of para-hydroxylation sites is 1. The molecule has 2 rings (SSSR count). The molecule has 2 aromatic carbocycles. The number of rotatable bonds is 4. The predicted molar refractivity (Wildman–Crippen MR) is 86.2 cm³/mol. The number of hydrogen-bond donors (Lipinski definition) is 2. The van der Waals surface area contributed by atoms with Crippen molar-refractivity contribution in [2.24, 2.45) is 0 Å². The molecule has 0 heterocycles. The van der Waals surface area contributed by atoms with Crippen LogP contribution in [0.5, 0.6) is 5.75 Å². The summed E-state index contributed by atoms with van der Waals surface area (Å²) in [5.41, 5.74) is 0.399. The molecule has 0 atom stereocenters. The van der Waals surface area contributed by atoms with Gasteiger partial charge < -0.3 is 15.2 Å². The minimum absolute atomic E-state index is 0.0279. The van der Waals surface area contributed by atoms with Crippen LogP contribution in [0.15, 0.2) is 46.9 Å². The molecule has 0 saturated carbocycles. The quantitative estimate of drug-likeness (QED) is 0.790. The van der Waals surface area contributed by atoms with Crippen molar-refractivity contribution in [2.75, 3.05) is 11.9 Å². The van der Waals surface area contributed by atoms with Gasteiger partial charge in [0.2, 0.25) is 0 Å². The number of aromatic hydroxyl groups is 1. The Hall–Kier alpha value is -2.05. The molecule has 2 N–H and O–H groups in total. The van der Waals surface area contributed by atoms with Crippen LogP contribution in [0.3, 0.4) is 0 Å². The fraction of sp³-hybridized carbons (Fsp3) is 0.0667. The number of amides is 1. The van der Waals surface area contributed by atoms with Crippen LogP contribution in [-0.2, 0) is 9.53 Å². The molecule has 5 nitrogen and oxygen atoms in total. The predicted octanol–water partition coefficient (Wildman–Crippen LogP) is 3.60. The maximum absolute atomic E-state index is 11.8. The van der Waals surface area contributed by atoms with Crippen LogP contribution in [-0.4, -0.2) is 23.6 Å². The smallest absolute Gasteiger partial charge is 0.342 e. The zero-order chi connectivity index (χ0) is 16.1. The number of anilines is 1. The van der Waals surface area contributed by atoms with Crippen LogP contribution in [0.4, 0.5) is 5.69 Å². The molecule has 1 amide bonds. The summed E-state index contributed by atoms with van der Waals surface area (Å²) in [5, 5.41) is 12.5. The highest BCUT2D eigenvalue weighted by Gasteiger charge is 2.15. The Balaban J connectivity index is 1.95. The molecule has 0 aliphatic carbocycles. The zero-order valence-corrected chi connectivity index (χ0v) is 13.5. The molecule has 0 radical (unpaired) electrons. The monoisotopic (exact) mass is 383 g/mol. The number of ether oxygens (including phenoxy) is 1. The first kappa shape index (κ1) is 16.3. The van der Waals surface area contributed by atoms with Crippen LogP contribution in [0.1, 0.15) is 10.4 Å². The van der Waals surface area contributed by atoms with Crippen LogP contribution in [0.2, 0.25) is 5.02 Å². The van der Waals surface area contributed by atoms with E-state index < -0.39 is 18.5 Å². The molecule has 0 fully saturated rings. The molecule has 0 unspecified atom stereocenters. The minimum atomic E-state index is -0.798. The molecule has 22 heavy (non-hydrogen) atoms. The summed E-state index contributed by atoms with van der Waals surface area (Å²) >= 11 is 9.09. The van der Waals surface area contributed by atoms with E-state index in [-0.39, 0.29) is 11.3 Å². The number of phenols is 1. The molecular weight excluding hydrogens is 374 g/mol. The second-order valence-corrected chi connectivity index (χ2v) is 5.59. The fourth-order valence-electron chi connectivity index (χ4n) is 1.63. The summed E-state index contributed by atoms with van der Waals surface area (Å²) in [4.78, 5) is 23.6. The molecule has 0 spiro atoms. The molecule has 0 aromatic heterocycles. The number of nitrogens with one attached hydrogen (secondary N) is 1. The lowest BCUT2D eigenvalue weighted by Gasteiger charge is -2.08. The van der Waals surface area contributed by atoms with Crippen molar-refractivity contribution in [3.05, 3.63) is 57.5 Å². The van der Waals surface area contributed by atoms with Crippen molar-refractivity contribution in [3.63, 3.8) is 0 Å². The number of carbonyl (C=O) groups is 2. The first-order valence-corrected chi connectivity index (χ1v) is 7.34. The lowest BCUT2D eigenvalue weighted by molar-refractivity contribution is -0.119. The van der Waals surface area contributed by atoms with E-state index in [1.165, 1.54) is 12.1 Å². The van der Waals surface area contributed by atoms with Crippen LogP contribution >= 0.6 is 27.5 Å². The molecule has 2 aromatic rings. The Bertz CT molecular complexity index is 720. The minimum Gasteiger partial charge on any atom is -0.507 e. The molecular formula is C15H11BrClNO4. The van der Waals surface area contributed by atoms with Gasteiger partial charge in [0.1, 0.15) is 11.3 Å². The zero-order valence-electron chi connectivity index (χ0n) is 11.2. The SMILES string of the molecule is O=C(COC(=O)c1cc(Br)ccc1O)Nc1ccccc1Cl. The summed E-state index contributed by atoms with van der Waals surface area (Å²) in [5.74, 6) is -1.55. The van der Waals surface area contributed by atoms with Gasteiger partial charge in [-0.05, 0) is 30.3 Å². The van der Waals surface area contributed by atoms with Crippen molar-refractivity contribution in [1.29, 1.82) is 0 Å². The van der Waals surface area contributed by atoms with Gasteiger partial charge in [-0.3, -0.25) is 4.79 Å². The van der Waals surface area contributed by atoms with Gasteiger partial charge in [0.25, 0.3) is 5.91 Å². The Labute approximate surface area is 140 Å². The van der Waals surface area contributed by atoms with Crippen LogP contribution in [0.25, 0.3) is 0 Å². The molecule has 0 saturated heterocycles. The third kappa shape index (κ3) is 4.22.